The lowest BCUT2D eigenvalue weighted by Gasteiger charge is -2.23. The maximum atomic E-state index is 12.2. The highest BCUT2D eigenvalue weighted by Gasteiger charge is 2.34. The number of hydrogen-bond acceptors (Lipinski definition) is 4. The van der Waals surface area contributed by atoms with Gasteiger partial charge in [0.1, 0.15) is 0 Å². The number of ether oxygens (including phenoxy) is 1. The number of hydrogen-bond donors (Lipinski definition) is 2. The van der Waals surface area contributed by atoms with E-state index in [1.165, 1.54) is 0 Å². The molecule has 1 saturated heterocycles. The summed E-state index contributed by atoms with van der Waals surface area (Å²) in [6.07, 6.45) is 0.688. The summed E-state index contributed by atoms with van der Waals surface area (Å²) in [5, 5.41) is 0. The van der Waals surface area contributed by atoms with Crippen LogP contribution in [0.4, 0.5) is 0 Å². The first kappa shape index (κ1) is 13.5. The number of nitrogens with two attached hydrogens (primary N) is 1. The Morgan fingerprint density at radius 3 is 2.56 bits per heavy atom. The quantitative estimate of drug-likeness (QED) is 0.839. The molecule has 1 heterocycles. The molecule has 0 bridgehead atoms. The topological polar surface area (TPSA) is 81.4 Å². The van der Waals surface area contributed by atoms with Crippen LogP contribution in [0.25, 0.3) is 0 Å². The SMILES string of the molecule is CC1(NS(=O)(=O)c2ccc(CN)cc2)CCOC1. The van der Waals surface area contributed by atoms with Gasteiger partial charge in [-0.05, 0) is 31.0 Å². The summed E-state index contributed by atoms with van der Waals surface area (Å²) in [4.78, 5) is 0.257. The Morgan fingerprint density at radius 1 is 1.39 bits per heavy atom. The number of sulfonamides is 1. The lowest BCUT2D eigenvalue weighted by molar-refractivity contribution is 0.178. The van der Waals surface area contributed by atoms with Crippen molar-refractivity contribution in [2.45, 2.75) is 30.3 Å². The molecule has 0 amide bonds. The number of benzene rings is 1. The summed E-state index contributed by atoms with van der Waals surface area (Å²) in [6.45, 7) is 3.25. The first-order valence-corrected chi connectivity index (χ1v) is 7.34. The van der Waals surface area contributed by atoms with Crippen molar-refractivity contribution >= 4 is 10.0 Å². The number of rotatable bonds is 4. The van der Waals surface area contributed by atoms with Gasteiger partial charge in [-0.3, -0.25) is 0 Å². The fourth-order valence-electron chi connectivity index (χ4n) is 1.94. The van der Waals surface area contributed by atoms with Crippen LogP contribution in [-0.2, 0) is 21.3 Å². The maximum Gasteiger partial charge on any atom is 0.241 e. The fraction of sp³-hybridized carbons (Fsp3) is 0.500. The monoisotopic (exact) mass is 270 g/mol. The molecular formula is C12H18N2O3S. The molecule has 1 aliphatic heterocycles. The molecule has 1 aromatic rings. The molecule has 1 unspecified atom stereocenters. The van der Waals surface area contributed by atoms with E-state index in [9.17, 15) is 8.42 Å². The molecule has 1 atom stereocenters. The van der Waals surface area contributed by atoms with Gasteiger partial charge in [0.05, 0.1) is 17.0 Å². The Labute approximate surface area is 107 Å². The van der Waals surface area contributed by atoms with Crippen molar-refractivity contribution in [3.8, 4) is 0 Å². The summed E-state index contributed by atoms with van der Waals surface area (Å²) < 4.78 is 32.3. The molecule has 2 rings (SSSR count). The Bertz CT molecular complexity index is 505. The second kappa shape index (κ2) is 4.97. The van der Waals surface area contributed by atoms with Crippen LogP contribution in [0.5, 0.6) is 0 Å². The van der Waals surface area contributed by atoms with E-state index in [0.29, 0.717) is 26.2 Å². The minimum Gasteiger partial charge on any atom is -0.379 e. The van der Waals surface area contributed by atoms with Gasteiger partial charge in [0.15, 0.2) is 0 Å². The maximum absolute atomic E-state index is 12.2. The summed E-state index contributed by atoms with van der Waals surface area (Å²) in [6, 6.07) is 6.59. The van der Waals surface area contributed by atoms with Crippen molar-refractivity contribution in [1.29, 1.82) is 0 Å². The van der Waals surface area contributed by atoms with Gasteiger partial charge in [0.2, 0.25) is 10.0 Å². The summed E-state index contributed by atoms with van der Waals surface area (Å²) in [7, 11) is -3.50. The lowest BCUT2D eigenvalue weighted by Crippen LogP contribution is -2.46. The molecular weight excluding hydrogens is 252 g/mol. The third kappa shape index (κ3) is 2.89. The van der Waals surface area contributed by atoms with Crippen molar-refractivity contribution < 1.29 is 13.2 Å². The van der Waals surface area contributed by atoms with Crippen LogP contribution in [0, 0.1) is 0 Å². The van der Waals surface area contributed by atoms with Crippen LogP contribution in [0.15, 0.2) is 29.2 Å². The average molecular weight is 270 g/mol. The number of nitrogens with one attached hydrogen (secondary N) is 1. The smallest absolute Gasteiger partial charge is 0.241 e. The van der Waals surface area contributed by atoms with Crippen molar-refractivity contribution in [2.24, 2.45) is 5.73 Å². The molecule has 0 radical (unpaired) electrons. The lowest BCUT2D eigenvalue weighted by atomic mass is 10.0. The molecule has 0 spiro atoms. The van der Waals surface area contributed by atoms with E-state index >= 15 is 0 Å². The largest absolute Gasteiger partial charge is 0.379 e. The summed E-state index contributed by atoms with van der Waals surface area (Å²) in [5.74, 6) is 0. The zero-order valence-corrected chi connectivity index (χ0v) is 11.2. The molecule has 0 aliphatic carbocycles. The van der Waals surface area contributed by atoms with Gasteiger partial charge in [-0.25, -0.2) is 13.1 Å². The van der Waals surface area contributed by atoms with Crippen LogP contribution < -0.4 is 10.5 Å². The van der Waals surface area contributed by atoms with Gasteiger partial charge in [-0.1, -0.05) is 12.1 Å². The second-order valence-corrected chi connectivity index (χ2v) is 6.50. The zero-order valence-electron chi connectivity index (χ0n) is 10.3. The van der Waals surface area contributed by atoms with Crippen LogP contribution >= 0.6 is 0 Å². The second-order valence-electron chi connectivity index (χ2n) is 4.82. The summed E-state index contributed by atoms with van der Waals surface area (Å²) >= 11 is 0. The highest BCUT2D eigenvalue weighted by atomic mass is 32.2. The van der Waals surface area contributed by atoms with E-state index in [-0.39, 0.29) is 4.90 Å². The third-order valence-corrected chi connectivity index (χ3v) is 4.72. The van der Waals surface area contributed by atoms with E-state index in [4.69, 9.17) is 10.5 Å². The normalized spacial score (nSPS) is 24.3. The van der Waals surface area contributed by atoms with Gasteiger partial charge in [0.25, 0.3) is 0 Å². The molecule has 1 aromatic carbocycles. The third-order valence-electron chi connectivity index (χ3n) is 3.07. The zero-order chi connectivity index (χ0) is 13.2. The van der Waals surface area contributed by atoms with E-state index in [2.05, 4.69) is 4.72 Å². The van der Waals surface area contributed by atoms with E-state index in [1.54, 1.807) is 24.3 Å². The molecule has 3 N–H and O–H groups in total. The Morgan fingerprint density at radius 2 is 2.06 bits per heavy atom. The first-order valence-electron chi connectivity index (χ1n) is 5.86. The van der Waals surface area contributed by atoms with Gasteiger partial charge in [-0.2, -0.15) is 0 Å². The van der Waals surface area contributed by atoms with Crippen LogP contribution in [0.3, 0.4) is 0 Å². The molecule has 1 aliphatic rings. The van der Waals surface area contributed by atoms with Crippen LogP contribution in [-0.4, -0.2) is 27.2 Å². The fourth-order valence-corrected chi connectivity index (χ4v) is 3.36. The highest BCUT2D eigenvalue weighted by molar-refractivity contribution is 7.89. The van der Waals surface area contributed by atoms with Gasteiger partial charge in [0, 0.05) is 13.2 Å². The molecule has 0 aromatic heterocycles. The standard InChI is InChI=1S/C12H18N2O3S/c1-12(6-7-17-9-12)14-18(15,16)11-4-2-10(8-13)3-5-11/h2-5,14H,6-9,13H2,1H3. The highest BCUT2D eigenvalue weighted by Crippen LogP contribution is 2.21. The van der Waals surface area contributed by atoms with Crippen LogP contribution in [0.1, 0.15) is 18.9 Å². The average Bonchev–Trinajstić information content (AvgIpc) is 2.75. The summed E-state index contributed by atoms with van der Waals surface area (Å²) in [5.41, 5.74) is 5.88. The predicted octanol–water partition coefficient (Wildman–Crippen LogP) is 0.603. The molecule has 100 valence electrons. The minimum absolute atomic E-state index is 0.257. The van der Waals surface area contributed by atoms with Crippen molar-refractivity contribution in [2.75, 3.05) is 13.2 Å². The molecule has 6 heteroatoms. The van der Waals surface area contributed by atoms with Gasteiger partial charge >= 0.3 is 0 Å². The van der Waals surface area contributed by atoms with Gasteiger partial charge in [-0.15, -0.1) is 0 Å². The Kier molecular flexibility index (Phi) is 3.72. The molecule has 5 nitrogen and oxygen atoms in total. The van der Waals surface area contributed by atoms with E-state index in [0.717, 1.165) is 5.56 Å². The van der Waals surface area contributed by atoms with Crippen molar-refractivity contribution in [3.05, 3.63) is 29.8 Å². The van der Waals surface area contributed by atoms with Crippen molar-refractivity contribution in [1.82, 2.24) is 4.72 Å². The molecule has 1 fully saturated rings. The van der Waals surface area contributed by atoms with E-state index in [1.807, 2.05) is 6.92 Å². The Balaban J connectivity index is 2.19. The first-order chi connectivity index (χ1) is 8.45. The predicted molar refractivity (Wildman–Crippen MR) is 68.5 cm³/mol. The minimum atomic E-state index is -3.50. The van der Waals surface area contributed by atoms with E-state index < -0.39 is 15.6 Å². The van der Waals surface area contributed by atoms with Crippen LogP contribution in [0.2, 0.25) is 0 Å². The van der Waals surface area contributed by atoms with Crippen molar-refractivity contribution in [3.63, 3.8) is 0 Å². The molecule has 18 heavy (non-hydrogen) atoms. The Hall–Kier alpha value is -0.950. The van der Waals surface area contributed by atoms with Gasteiger partial charge < -0.3 is 10.5 Å². The molecule has 0 saturated carbocycles.